The van der Waals surface area contributed by atoms with Gasteiger partial charge in [0.15, 0.2) is 11.5 Å². The number of alkyl halides is 2. The summed E-state index contributed by atoms with van der Waals surface area (Å²) in [6.45, 7) is -2.98. The number of carbonyl (C=O) groups excluding carboxylic acids is 1. The fourth-order valence-corrected chi connectivity index (χ4v) is 2.00. The first-order chi connectivity index (χ1) is 12.0. The smallest absolute Gasteiger partial charge is 0.387 e. The van der Waals surface area contributed by atoms with Gasteiger partial charge in [0, 0.05) is 5.69 Å². The Labute approximate surface area is 143 Å². The van der Waals surface area contributed by atoms with E-state index in [-0.39, 0.29) is 17.1 Å². The maximum atomic E-state index is 12.3. The van der Waals surface area contributed by atoms with E-state index in [1.807, 2.05) is 6.07 Å². The van der Waals surface area contributed by atoms with Crippen LogP contribution in [0.25, 0.3) is 6.08 Å². The minimum atomic E-state index is -2.98. The molecule has 0 atom stereocenters. The Kier molecular flexibility index (Phi) is 6.07. The van der Waals surface area contributed by atoms with Crippen LogP contribution in [-0.4, -0.2) is 19.6 Å². The average Bonchev–Trinajstić information content (AvgIpc) is 2.61. The number of anilines is 1. The number of hydrogen-bond donors (Lipinski definition) is 1. The van der Waals surface area contributed by atoms with E-state index in [0.29, 0.717) is 11.3 Å². The van der Waals surface area contributed by atoms with Crippen molar-refractivity contribution < 1.29 is 23.0 Å². The predicted molar refractivity (Wildman–Crippen MR) is 88.3 cm³/mol. The number of ether oxygens (including phenoxy) is 2. The minimum Gasteiger partial charge on any atom is -0.493 e. The van der Waals surface area contributed by atoms with E-state index in [1.54, 1.807) is 30.3 Å². The summed E-state index contributed by atoms with van der Waals surface area (Å²) in [6.07, 6.45) is 1.33. The van der Waals surface area contributed by atoms with Gasteiger partial charge in [0.25, 0.3) is 5.91 Å². The quantitative estimate of drug-likeness (QED) is 0.638. The third-order valence-corrected chi connectivity index (χ3v) is 3.11. The van der Waals surface area contributed by atoms with Crippen LogP contribution < -0.4 is 14.8 Å². The molecule has 0 aromatic heterocycles. The van der Waals surface area contributed by atoms with Crippen LogP contribution in [0, 0.1) is 11.3 Å². The number of nitrogens with one attached hydrogen (secondary N) is 1. The summed E-state index contributed by atoms with van der Waals surface area (Å²) in [6, 6.07) is 14.6. The van der Waals surface area contributed by atoms with Crippen molar-refractivity contribution in [1.82, 2.24) is 0 Å². The third-order valence-electron chi connectivity index (χ3n) is 3.11. The molecule has 2 aromatic rings. The molecule has 5 nitrogen and oxygen atoms in total. The number of carbonyl (C=O) groups is 1. The van der Waals surface area contributed by atoms with Gasteiger partial charge in [-0.25, -0.2) is 0 Å². The third kappa shape index (κ3) is 5.04. The highest BCUT2D eigenvalue weighted by Crippen LogP contribution is 2.30. The van der Waals surface area contributed by atoms with E-state index in [9.17, 15) is 18.8 Å². The Morgan fingerprint density at radius 2 is 1.92 bits per heavy atom. The van der Waals surface area contributed by atoms with E-state index in [0.717, 1.165) is 0 Å². The number of nitriles is 1. The molecule has 0 saturated carbocycles. The maximum Gasteiger partial charge on any atom is 0.387 e. The summed E-state index contributed by atoms with van der Waals surface area (Å²) in [5.41, 5.74) is 0.832. The number of nitrogens with zero attached hydrogens (tertiary/aromatic N) is 1. The molecule has 7 heteroatoms. The zero-order valence-corrected chi connectivity index (χ0v) is 13.2. The second kappa shape index (κ2) is 8.45. The lowest BCUT2D eigenvalue weighted by atomic mass is 10.1. The monoisotopic (exact) mass is 344 g/mol. The molecule has 25 heavy (non-hydrogen) atoms. The van der Waals surface area contributed by atoms with Crippen molar-refractivity contribution in [3.8, 4) is 17.6 Å². The second-order valence-electron chi connectivity index (χ2n) is 4.78. The molecule has 0 aliphatic carbocycles. The number of halogens is 2. The lowest BCUT2D eigenvalue weighted by Gasteiger charge is -2.10. The predicted octanol–water partition coefficient (Wildman–Crippen LogP) is 3.84. The Morgan fingerprint density at radius 1 is 1.20 bits per heavy atom. The van der Waals surface area contributed by atoms with Crippen molar-refractivity contribution in [3.63, 3.8) is 0 Å². The van der Waals surface area contributed by atoms with Crippen LogP contribution in [0.5, 0.6) is 11.5 Å². The number of methoxy groups -OCH3 is 1. The molecule has 0 aliphatic heterocycles. The van der Waals surface area contributed by atoms with Gasteiger partial charge in [-0.15, -0.1) is 0 Å². The largest absolute Gasteiger partial charge is 0.493 e. The van der Waals surface area contributed by atoms with Gasteiger partial charge in [0.2, 0.25) is 0 Å². The van der Waals surface area contributed by atoms with Gasteiger partial charge in [0.1, 0.15) is 11.6 Å². The van der Waals surface area contributed by atoms with Crippen molar-refractivity contribution in [2.45, 2.75) is 6.61 Å². The number of benzene rings is 2. The number of amides is 1. The highest BCUT2D eigenvalue weighted by molar-refractivity contribution is 6.09. The van der Waals surface area contributed by atoms with Gasteiger partial charge in [-0.1, -0.05) is 24.3 Å². The number of rotatable bonds is 6. The fraction of sp³-hybridized carbons (Fsp3) is 0.111. The van der Waals surface area contributed by atoms with Crippen molar-refractivity contribution in [2.75, 3.05) is 12.4 Å². The molecular formula is C18H14F2N2O3. The topological polar surface area (TPSA) is 71.3 Å². The summed E-state index contributed by atoms with van der Waals surface area (Å²) in [7, 11) is 1.30. The molecule has 0 unspecified atom stereocenters. The second-order valence-corrected chi connectivity index (χ2v) is 4.78. The molecule has 128 valence electrons. The first-order valence-electron chi connectivity index (χ1n) is 7.14. The summed E-state index contributed by atoms with van der Waals surface area (Å²) >= 11 is 0. The van der Waals surface area contributed by atoms with Crippen molar-refractivity contribution in [1.29, 1.82) is 5.26 Å². The van der Waals surface area contributed by atoms with Crippen LogP contribution in [0.4, 0.5) is 14.5 Å². The van der Waals surface area contributed by atoms with Crippen LogP contribution in [0.3, 0.4) is 0 Å². The summed E-state index contributed by atoms with van der Waals surface area (Å²) in [4.78, 5) is 12.2. The number of hydrogen-bond acceptors (Lipinski definition) is 4. The van der Waals surface area contributed by atoms with Crippen molar-refractivity contribution >= 4 is 17.7 Å². The Morgan fingerprint density at radius 3 is 2.52 bits per heavy atom. The lowest BCUT2D eigenvalue weighted by molar-refractivity contribution is -0.112. The van der Waals surface area contributed by atoms with Gasteiger partial charge in [-0.2, -0.15) is 14.0 Å². The molecule has 1 amide bonds. The van der Waals surface area contributed by atoms with Crippen LogP contribution in [-0.2, 0) is 4.79 Å². The van der Waals surface area contributed by atoms with E-state index >= 15 is 0 Å². The van der Waals surface area contributed by atoms with E-state index in [2.05, 4.69) is 10.1 Å². The number of para-hydroxylation sites is 1. The van der Waals surface area contributed by atoms with Crippen LogP contribution in [0.2, 0.25) is 0 Å². The molecule has 0 bridgehead atoms. The van der Waals surface area contributed by atoms with Gasteiger partial charge >= 0.3 is 6.61 Å². The minimum absolute atomic E-state index is 0.0646. The van der Waals surface area contributed by atoms with E-state index in [1.165, 1.54) is 31.4 Å². The fourth-order valence-electron chi connectivity index (χ4n) is 2.00. The zero-order valence-electron chi connectivity index (χ0n) is 13.2. The van der Waals surface area contributed by atoms with E-state index < -0.39 is 12.5 Å². The zero-order chi connectivity index (χ0) is 18.2. The lowest BCUT2D eigenvalue weighted by Crippen LogP contribution is -2.13. The summed E-state index contributed by atoms with van der Waals surface area (Å²) in [5.74, 6) is -0.655. The Hall–Kier alpha value is -3.40. The normalized spacial score (nSPS) is 10.9. The van der Waals surface area contributed by atoms with Crippen LogP contribution in [0.15, 0.2) is 54.1 Å². The molecule has 0 fully saturated rings. The molecule has 0 saturated heterocycles. The Bertz CT molecular complexity index is 815. The van der Waals surface area contributed by atoms with Crippen LogP contribution in [0.1, 0.15) is 5.56 Å². The molecule has 0 heterocycles. The molecule has 0 spiro atoms. The molecule has 1 N–H and O–H groups in total. The molecule has 2 rings (SSSR count). The molecule has 2 aromatic carbocycles. The van der Waals surface area contributed by atoms with Crippen molar-refractivity contribution in [3.05, 3.63) is 59.7 Å². The maximum absolute atomic E-state index is 12.3. The first-order valence-corrected chi connectivity index (χ1v) is 7.14. The summed E-state index contributed by atoms with van der Waals surface area (Å²) < 4.78 is 34.0. The molecule has 0 aliphatic rings. The highest BCUT2D eigenvalue weighted by atomic mass is 19.3. The van der Waals surface area contributed by atoms with Gasteiger partial charge < -0.3 is 14.8 Å². The SMILES string of the molecule is COc1cc(/C=C(/C#N)C(=O)Nc2ccccc2)ccc1OC(F)F. The van der Waals surface area contributed by atoms with Crippen molar-refractivity contribution in [2.24, 2.45) is 0 Å². The standard InChI is InChI=1S/C18H14F2N2O3/c1-24-16-10-12(7-8-15(16)25-18(19)20)9-13(11-21)17(23)22-14-5-3-2-4-6-14/h2-10,18H,1H3,(H,22,23)/b13-9-. The van der Waals surface area contributed by atoms with Gasteiger partial charge in [-0.3, -0.25) is 4.79 Å². The Balaban J connectivity index is 2.24. The molecule has 0 radical (unpaired) electrons. The summed E-state index contributed by atoms with van der Waals surface area (Å²) in [5, 5.41) is 11.8. The van der Waals surface area contributed by atoms with Crippen LogP contribution >= 0.6 is 0 Å². The highest BCUT2D eigenvalue weighted by Gasteiger charge is 2.13. The van der Waals surface area contributed by atoms with Gasteiger partial charge in [-0.05, 0) is 35.9 Å². The molecular weight excluding hydrogens is 330 g/mol. The van der Waals surface area contributed by atoms with Gasteiger partial charge in [0.05, 0.1) is 7.11 Å². The average molecular weight is 344 g/mol. The first kappa shape index (κ1) is 17.9. The van der Waals surface area contributed by atoms with E-state index in [4.69, 9.17) is 4.74 Å².